The van der Waals surface area contributed by atoms with Gasteiger partial charge >= 0.3 is 0 Å². The van der Waals surface area contributed by atoms with Gasteiger partial charge in [-0.3, -0.25) is 0 Å². The van der Waals surface area contributed by atoms with E-state index in [1.807, 2.05) is 60.7 Å². The van der Waals surface area contributed by atoms with Crippen molar-refractivity contribution in [3.05, 3.63) is 72.1 Å². The molecule has 0 saturated heterocycles. The Labute approximate surface area is 148 Å². The molecule has 0 bridgehead atoms. The molecule has 0 saturated carbocycles. The summed E-state index contributed by atoms with van der Waals surface area (Å²) in [6.45, 7) is 0.594. The van der Waals surface area contributed by atoms with Crippen LogP contribution in [-0.4, -0.2) is 30.4 Å². The molecule has 0 atom stereocenters. The van der Waals surface area contributed by atoms with Gasteiger partial charge in [-0.05, 0) is 22.9 Å². The molecule has 0 aliphatic carbocycles. The number of hydrogen-bond acceptors (Lipinski definition) is 7. The van der Waals surface area contributed by atoms with E-state index in [9.17, 15) is 0 Å². The quantitative estimate of drug-likeness (QED) is 0.494. The molecule has 4 rings (SSSR count). The van der Waals surface area contributed by atoms with Crippen LogP contribution in [0, 0.1) is 0 Å². The zero-order chi connectivity index (χ0) is 16.9. The predicted octanol–water partition coefficient (Wildman–Crippen LogP) is 3.06. The van der Waals surface area contributed by atoms with Gasteiger partial charge in [0.2, 0.25) is 5.89 Å². The van der Waals surface area contributed by atoms with Gasteiger partial charge in [-0.25, -0.2) is 0 Å². The molecule has 0 fully saturated rings. The maximum atomic E-state index is 5.65. The van der Waals surface area contributed by atoms with Gasteiger partial charge < -0.3 is 4.42 Å². The Kier molecular flexibility index (Phi) is 4.51. The molecule has 2 aromatic heterocycles. The average molecular weight is 350 g/mol. The first kappa shape index (κ1) is 15.5. The second-order valence-electron chi connectivity index (χ2n) is 5.25. The van der Waals surface area contributed by atoms with Crippen LogP contribution in [0.4, 0.5) is 0 Å². The van der Waals surface area contributed by atoms with E-state index in [4.69, 9.17) is 4.42 Å². The maximum Gasteiger partial charge on any atom is 0.277 e. The van der Waals surface area contributed by atoms with Crippen molar-refractivity contribution in [2.75, 3.05) is 0 Å². The molecule has 0 aliphatic heterocycles. The van der Waals surface area contributed by atoms with E-state index in [1.54, 1.807) is 4.80 Å². The van der Waals surface area contributed by atoms with Crippen molar-refractivity contribution < 1.29 is 4.42 Å². The van der Waals surface area contributed by atoms with Crippen molar-refractivity contribution in [2.45, 2.75) is 17.5 Å². The number of aromatic nitrogens is 6. The Morgan fingerprint density at radius 3 is 2.44 bits per heavy atom. The lowest BCUT2D eigenvalue weighted by atomic mass is 10.2. The zero-order valence-corrected chi connectivity index (χ0v) is 14.0. The van der Waals surface area contributed by atoms with Crippen LogP contribution in [-0.2, 0) is 12.3 Å². The van der Waals surface area contributed by atoms with Gasteiger partial charge in [-0.1, -0.05) is 60.3 Å². The molecule has 4 aromatic rings. The number of hydrogen-bond donors (Lipinski definition) is 0. The van der Waals surface area contributed by atoms with Crippen molar-refractivity contribution in [3.63, 3.8) is 0 Å². The number of rotatable bonds is 6. The molecule has 2 heterocycles. The van der Waals surface area contributed by atoms with Crippen molar-refractivity contribution in [2.24, 2.45) is 0 Å². The van der Waals surface area contributed by atoms with Gasteiger partial charge in [0.1, 0.15) is 0 Å². The van der Waals surface area contributed by atoms with Gasteiger partial charge in [0.25, 0.3) is 5.22 Å². The zero-order valence-electron chi connectivity index (χ0n) is 13.2. The SMILES string of the molecule is c1ccc(Cn2nnc(CSc3nnc(-c4ccccc4)o3)n2)cc1. The van der Waals surface area contributed by atoms with Gasteiger partial charge in [0.15, 0.2) is 5.82 Å². The molecule has 2 aromatic carbocycles. The summed E-state index contributed by atoms with van der Waals surface area (Å²) in [5, 5.41) is 21.1. The number of thioether (sulfide) groups is 1. The Balaban J connectivity index is 1.37. The van der Waals surface area contributed by atoms with E-state index in [-0.39, 0.29) is 0 Å². The fraction of sp³-hybridized carbons (Fsp3) is 0.118. The molecule has 8 heteroatoms. The highest BCUT2D eigenvalue weighted by atomic mass is 32.2. The molecule has 25 heavy (non-hydrogen) atoms. The predicted molar refractivity (Wildman–Crippen MR) is 92.7 cm³/mol. The molecule has 0 spiro atoms. The third-order valence-corrected chi connectivity index (χ3v) is 4.23. The summed E-state index contributed by atoms with van der Waals surface area (Å²) in [7, 11) is 0. The summed E-state index contributed by atoms with van der Waals surface area (Å²) in [6.07, 6.45) is 0. The van der Waals surface area contributed by atoms with Crippen LogP contribution in [0.5, 0.6) is 0 Å². The van der Waals surface area contributed by atoms with Crippen molar-refractivity contribution in [1.82, 2.24) is 30.4 Å². The third-order valence-electron chi connectivity index (χ3n) is 3.41. The van der Waals surface area contributed by atoms with Gasteiger partial charge in [-0.15, -0.1) is 20.4 Å². The highest BCUT2D eigenvalue weighted by molar-refractivity contribution is 7.98. The van der Waals surface area contributed by atoms with Crippen molar-refractivity contribution in [3.8, 4) is 11.5 Å². The fourth-order valence-electron chi connectivity index (χ4n) is 2.24. The summed E-state index contributed by atoms with van der Waals surface area (Å²) in [5.74, 6) is 1.65. The minimum atomic E-state index is 0.485. The van der Waals surface area contributed by atoms with Crippen LogP contribution in [0.25, 0.3) is 11.5 Å². The minimum absolute atomic E-state index is 0.485. The first-order valence-electron chi connectivity index (χ1n) is 7.69. The van der Waals surface area contributed by atoms with Crippen LogP contribution in [0.3, 0.4) is 0 Å². The Bertz CT molecular complexity index is 938. The monoisotopic (exact) mass is 350 g/mol. The lowest BCUT2D eigenvalue weighted by molar-refractivity contribution is 0.465. The summed E-state index contributed by atoms with van der Waals surface area (Å²) in [6, 6.07) is 19.7. The number of benzene rings is 2. The van der Waals surface area contributed by atoms with E-state index in [0.29, 0.717) is 29.2 Å². The highest BCUT2D eigenvalue weighted by Gasteiger charge is 2.11. The van der Waals surface area contributed by atoms with Crippen molar-refractivity contribution in [1.29, 1.82) is 0 Å². The summed E-state index contributed by atoms with van der Waals surface area (Å²) in [5.41, 5.74) is 2.03. The van der Waals surface area contributed by atoms with E-state index in [1.165, 1.54) is 11.8 Å². The third kappa shape index (κ3) is 3.92. The largest absolute Gasteiger partial charge is 0.411 e. The second-order valence-corrected chi connectivity index (χ2v) is 6.18. The average Bonchev–Trinajstić information content (AvgIpc) is 3.31. The first-order valence-corrected chi connectivity index (χ1v) is 8.68. The minimum Gasteiger partial charge on any atom is -0.411 e. The molecule has 124 valence electrons. The molecule has 0 aliphatic rings. The molecular formula is C17H14N6OS. The van der Waals surface area contributed by atoms with Gasteiger partial charge in [0, 0.05) is 5.56 Å². The summed E-state index contributed by atoms with van der Waals surface area (Å²) < 4.78 is 5.65. The summed E-state index contributed by atoms with van der Waals surface area (Å²) in [4.78, 5) is 1.58. The Morgan fingerprint density at radius 1 is 0.880 bits per heavy atom. The lowest BCUT2D eigenvalue weighted by Gasteiger charge is -1.97. The highest BCUT2D eigenvalue weighted by Crippen LogP contribution is 2.24. The van der Waals surface area contributed by atoms with Gasteiger partial charge in [-0.2, -0.15) is 4.80 Å². The maximum absolute atomic E-state index is 5.65. The van der Waals surface area contributed by atoms with E-state index >= 15 is 0 Å². The van der Waals surface area contributed by atoms with Crippen LogP contribution in [0.1, 0.15) is 11.4 Å². The lowest BCUT2D eigenvalue weighted by Crippen LogP contribution is -2.03. The standard InChI is InChI=1S/C17H14N6OS/c1-3-7-13(8-4-1)11-23-21-15(18-22-23)12-25-17-20-19-16(24-17)14-9-5-2-6-10-14/h1-10H,11-12H2. The van der Waals surface area contributed by atoms with Crippen molar-refractivity contribution >= 4 is 11.8 Å². The first-order chi connectivity index (χ1) is 12.4. The number of nitrogens with zero attached hydrogens (tertiary/aromatic N) is 6. The van der Waals surface area contributed by atoms with Crippen LogP contribution >= 0.6 is 11.8 Å². The molecular weight excluding hydrogens is 336 g/mol. The normalized spacial score (nSPS) is 10.9. The number of tetrazole rings is 1. The molecule has 0 amide bonds. The topological polar surface area (TPSA) is 82.5 Å². The smallest absolute Gasteiger partial charge is 0.277 e. The molecule has 0 N–H and O–H groups in total. The van der Waals surface area contributed by atoms with Crippen LogP contribution in [0.2, 0.25) is 0 Å². The van der Waals surface area contributed by atoms with E-state index < -0.39 is 0 Å². The summed E-state index contributed by atoms with van der Waals surface area (Å²) >= 11 is 1.39. The van der Waals surface area contributed by atoms with E-state index in [0.717, 1.165) is 11.1 Å². The Hall–Kier alpha value is -3.00. The second kappa shape index (κ2) is 7.27. The van der Waals surface area contributed by atoms with Gasteiger partial charge in [0.05, 0.1) is 12.3 Å². The van der Waals surface area contributed by atoms with Crippen LogP contribution < -0.4 is 0 Å². The Morgan fingerprint density at radius 2 is 1.64 bits per heavy atom. The fourth-order valence-corrected chi connectivity index (χ4v) is 2.84. The molecule has 0 radical (unpaired) electrons. The molecule has 7 nitrogen and oxygen atoms in total. The van der Waals surface area contributed by atoms with Crippen LogP contribution in [0.15, 0.2) is 70.3 Å². The molecule has 0 unspecified atom stereocenters. The van der Waals surface area contributed by atoms with E-state index in [2.05, 4.69) is 25.6 Å².